The van der Waals surface area contributed by atoms with Gasteiger partial charge in [-0.15, -0.1) is 0 Å². The van der Waals surface area contributed by atoms with Crippen LogP contribution in [0.2, 0.25) is 10.0 Å². The van der Waals surface area contributed by atoms with Crippen molar-refractivity contribution in [2.75, 3.05) is 57.7 Å². The number of hydrogen-bond acceptors (Lipinski definition) is 4. The van der Waals surface area contributed by atoms with E-state index in [2.05, 4.69) is 29.4 Å². The van der Waals surface area contributed by atoms with E-state index in [0.717, 1.165) is 12.5 Å². The average Bonchev–Trinajstić information content (AvgIpc) is 2.77. The SMILES string of the molecule is CCCC(C)N1CCNCC1.O=CN1CCN(C(=O)Nc2ccc(Cl)c(Cl)c2)CC1. The number of benzene rings is 1. The minimum Gasteiger partial charge on any atom is -0.342 e. The van der Waals surface area contributed by atoms with Crippen LogP contribution in [-0.4, -0.2) is 85.5 Å². The first-order chi connectivity index (χ1) is 14.4. The summed E-state index contributed by atoms with van der Waals surface area (Å²) in [5, 5.41) is 6.96. The molecule has 0 radical (unpaired) electrons. The Morgan fingerprint density at radius 1 is 1.13 bits per heavy atom. The second kappa shape index (κ2) is 13.0. The third-order valence-corrected chi connectivity index (χ3v) is 6.14. The number of urea groups is 1. The van der Waals surface area contributed by atoms with Crippen molar-refractivity contribution < 1.29 is 9.59 Å². The van der Waals surface area contributed by atoms with Crippen molar-refractivity contribution in [3.63, 3.8) is 0 Å². The van der Waals surface area contributed by atoms with Crippen LogP contribution in [0.4, 0.5) is 10.5 Å². The average molecular weight is 458 g/mol. The monoisotopic (exact) mass is 457 g/mol. The van der Waals surface area contributed by atoms with Gasteiger partial charge in [-0.1, -0.05) is 36.5 Å². The summed E-state index contributed by atoms with van der Waals surface area (Å²) in [7, 11) is 0. The van der Waals surface area contributed by atoms with Gasteiger partial charge in [0.2, 0.25) is 6.41 Å². The van der Waals surface area contributed by atoms with Crippen LogP contribution in [0.1, 0.15) is 26.7 Å². The van der Waals surface area contributed by atoms with E-state index >= 15 is 0 Å². The van der Waals surface area contributed by atoms with Crippen molar-refractivity contribution in [3.8, 4) is 0 Å². The summed E-state index contributed by atoms with van der Waals surface area (Å²) < 4.78 is 0. The van der Waals surface area contributed by atoms with E-state index in [1.54, 1.807) is 28.0 Å². The Bertz CT molecular complexity index is 677. The number of piperazine rings is 2. The van der Waals surface area contributed by atoms with Gasteiger partial charge in [0.1, 0.15) is 0 Å². The molecule has 3 amide bonds. The molecule has 168 valence electrons. The normalized spacial score (nSPS) is 18.3. The number of nitrogens with zero attached hydrogens (tertiary/aromatic N) is 3. The predicted molar refractivity (Wildman–Crippen MR) is 124 cm³/mol. The highest BCUT2D eigenvalue weighted by molar-refractivity contribution is 6.42. The van der Waals surface area contributed by atoms with Gasteiger partial charge in [0.05, 0.1) is 10.0 Å². The standard InChI is InChI=1S/C12H13Cl2N3O2.C9H20N2/c13-10-2-1-9(7-11(10)14)15-12(19)17-5-3-16(8-18)4-6-17;1-3-4-9(2)11-7-5-10-6-8-11/h1-2,7-8H,3-6H2,(H,15,19);9-10H,3-8H2,1-2H3. The Morgan fingerprint density at radius 2 is 1.80 bits per heavy atom. The summed E-state index contributed by atoms with van der Waals surface area (Å²) in [4.78, 5) is 28.4. The minimum absolute atomic E-state index is 0.205. The number of rotatable bonds is 5. The highest BCUT2D eigenvalue weighted by Crippen LogP contribution is 2.25. The molecule has 2 N–H and O–H groups in total. The van der Waals surface area contributed by atoms with Gasteiger partial charge >= 0.3 is 6.03 Å². The van der Waals surface area contributed by atoms with E-state index in [-0.39, 0.29) is 6.03 Å². The maximum absolute atomic E-state index is 12.0. The van der Waals surface area contributed by atoms with Gasteiger partial charge in [0, 0.05) is 64.1 Å². The number of amides is 3. The van der Waals surface area contributed by atoms with Gasteiger partial charge < -0.3 is 20.4 Å². The zero-order valence-electron chi connectivity index (χ0n) is 17.9. The fourth-order valence-electron chi connectivity index (χ4n) is 3.53. The Hall–Kier alpha value is -1.54. The van der Waals surface area contributed by atoms with Gasteiger partial charge in [-0.05, 0) is 31.5 Å². The number of hydrogen-bond donors (Lipinski definition) is 2. The summed E-state index contributed by atoms with van der Waals surface area (Å²) in [6.45, 7) is 11.6. The molecule has 1 unspecified atom stereocenters. The fourth-order valence-corrected chi connectivity index (χ4v) is 3.83. The summed E-state index contributed by atoms with van der Waals surface area (Å²) in [5.41, 5.74) is 0.595. The van der Waals surface area contributed by atoms with Crippen LogP contribution in [0.3, 0.4) is 0 Å². The van der Waals surface area contributed by atoms with Crippen LogP contribution in [0.25, 0.3) is 0 Å². The molecule has 0 saturated carbocycles. The molecule has 0 aliphatic carbocycles. The third-order valence-electron chi connectivity index (χ3n) is 5.40. The van der Waals surface area contributed by atoms with Crippen molar-refractivity contribution in [1.82, 2.24) is 20.0 Å². The van der Waals surface area contributed by atoms with E-state index in [1.165, 1.54) is 39.0 Å². The molecule has 7 nitrogen and oxygen atoms in total. The molecule has 1 aromatic rings. The Balaban J connectivity index is 0.000000248. The number of carbonyl (C=O) groups excluding carboxylic acids is 2. The van der Waals surface area contributed by atoms with Crippen LogP contribution in [0.15, 0.2) is 18.2 Å². The van der Waals surface area contributed by atoms with Gasteiger partial charge in [0.15, 0.2) is 0 Å². The maximum atomic E-state index is 12.0. The Labute approximate surface area is 189 Å². The highest BCUT2D eigenvalue weighted by atomic mass is 35.5. The van der Waals surface area contributed by atoms with Gasteiger partial charge in [-0.2, -0.15) is 0 Å². The van der Waals surface area contributed by atoms with Gasteiger partial charge in [-0.3, -0.25) is 9.69 Å². The maximum Gasteiger partial charge on any atom is 0.321 e. The van der Waals surface area contributed by atoms with Crippen LogP contribution in [0, 0.1) is 0 Å². The molecule has 1 atom stereocenters. The van der Waals surface area contributed by atoms with Crippen molar-refractivity contribution in [2.45, 2.75) is 32.7 Å². The molecular weight excluding hydrogens is 425 g/mol. The number of anilines is 1. The Kier molecular flexibility index (Phi) is 10.7. The van der Waals surface area contributed by atoms with Gasteiger partial charge in [0.25, 0.3) is 0 Å². The molecule has 0 bridgehead atoms. The largest absolute Gasteiger partial charge is 0.342 e. The topological polar surface area (TPSA) is 67.9 Å². The highest BCUT2D eigenvalue weighted by Gasteiger charge is 2.20. The molecule has 9 heteroatoms. The lowest BCUT2D eigenvalue weighted by Crippen LogP contribution is -2.49. The summed E-state index contributed by atoms with van der Waals surface area (Å²) >= 11 is 11.7. The molecule has 1 aromatic carbocycles. The van der Waals surface area contributed by atoms with Gasteiger partial charge in [-0.25, -0.2) is 4.79 Å². The van der Waals surface area contributed by atoms with Crippen molar-refractivity contribution >= 4 is 41.3 Å². The van der Waals surface area contributed by atoms with Crippen molar-refractivity contribution in [3.05, 3.63) is 28.2 Å². The summed E-state index contributed by atoms with van der Waals surface area (Å²) in [6, 6.07) is 5.51. The number of nitrogens with one attached hydrogen (secondary N) is 2. The zero-order valence-corrected chi connectivity index (χ0v) is 19.4. The van der Waals surface area contributed by atoms with E-state index in [4.69, 9.17) is 23.2 Å². The quantitative estimate of drug-likeness (QED) is 0.664. The molecular formula is C21H33Cl2N5O2. The molecule has 2 fully saturated rings. The number of halogens is 2. The molecule has 2 aliphatic heterocycles. The number of carbonyl (C=O) groups is 2. The predicted octanol–water partition coefficient (Wildman–Crippen LogP) is 3.38. The molecule has 2 aliphatic rings. The van der Waals surface area contributed by atoms with E-state index in [9.17, 15) is 9.59 Å². The van der Waals surface area contributed by atoms with Crippen LogP contribution < -0.4 is 10.6 Å². The second-order valence-corrected chi connectivity index (χ2v) is 8.43. The lowest BCUT2D eigenvalue weighted by Gasteiger charge is -2.32. The van der Waals surface area contributed by atoms with E-state index in [0.29, 0.717) is 41.9 Å². The minimum atomic E-state index is -0.205. The Morgan fingerprint density at radius 3 is 2.37 bits per heavy atom. The molecule has 0 aromatic heterocycles. The second-order valence-electron chi connectivity index (χ2n) is 7.61. The lowest BCUT2D eigenvalue weighted by atomic mass is 10.1. The van der Waals surface area contributed by atoms with E-state index in [1.807, 2.05) is 0 Å². The lowest BCUT2D eigenvalue weighted by molar-refractivity contribution is -0.119. The zero-order chi connectivity index (χ0) is 21.9. The smallest absolute Gasteiger partial charge is 0.321 e. The first-order valence-electron chi connectivity index (χ1n) is 10.6. The van der Waals surface area contributed by atoms with Crippen molar-refractivity contribution in [2.24, 2.45) is 0 Å². The summed E-state index contributed by atoms with van der Waals surface area (Å²) in [5.74, 6) is 0. The first-order valence-corrected chi connectivity index (χ1v) is 11.3. The van der Waals surface area contributed by atoms with Crippen LogP contribution in [-0.2, 0) is 4.79 Å². The summed E-state index contributed by atoms with van der Waals surface area (Å²) in [6.07, 6.45) is 3.46. The first kappa shape index (κ1) is 24.7. The molecule has 3 rings (SSSR count). The van der Waals surface area contributed by atoms with Crippen molar-refractivity contribution in [1.29, 1.82) is 0 Å². The molecule has 0 spiro atoms. The molecule has 2 saturated heterocycles. The molecule has 2 heterocycles. The van der Waals surface area contributed by atoms with Crippen LogP contribution >= 0.6 is 23.2 Å². The fraction of sp³-hybridized carbons (Fsp3) is 0.619. The van der Waals surface area contributed by atoms with E-state index < -0.39 is 0 Å². The van der Waals surface area contributed by atoms with Crippen LogP contribution in [0.5, 0.6) is 0 Å². The third kappa shape index (κ3) is 7.95. The molecule has 30 heavy (non-hydrogen) atoms.